The van der Waals surface area contributed by atoms with Gasteiger partial charge < -0.3 is 0 Å². The standard InChI is InChI=1S/C14H10BrFO/c1-9-3-2-4-12(13(9)16)14(17)10-5-7-11(15)8-6-10/h2-8H,1H3. The van der Waals surface area contributed by atoms with E-state index in [0.717, 1.165) is 4.47 Å². The molecule has 0 aliphatic carbocycles. The second kappa shape index (κ2) is 4.80. The maximum absolute atomic E-state index is 13.8. The molecule has 0 aliphatic rings. The van der Waals surface area contributed by atoms with Crippen molar-refractivity contribution in [3.63, 3.8) is 0 Å². The lowest BCUT2D eigenvalue weighted by molar-refractivity contribution is 0.103. The van der Waals surface area contributed by atoms with Crippen LogP contribution in [0.3, 0.4) is 0 Å². The van der Waals surface area contributed by atoms with Crippen molar-refractivity contribution < 1.29 is 9.18 Å². The van der Waals surface area contributed by atoms with Gasteiger partial charge in [-0.1, -0.05) is 28.1 Å². The van der Waals surface area contributed by atoms with Crippen LogP contribution in [0, 0.1) is 12.7 Å². The van der Waals surface area contributed by atoms with Crippen LogP contribution in [0.4, 0.5) is 4.39 Å². The van der Waals surface area contributed by atoms with Gasteiger partial charge in [0.1, 0.15) is 5.82 Å². The predicted octanol–water partition coefficient (Wildman–Crippen LogP) is 4.13. The molecule has 0 aromatic heterocycles. The molecule has 0 saturated heterocycles. The Morgan fingerprint density at radius 2 is 1.76 bits per heavy atom. The number of carbonyl (C=O) groups is 1. The maximum Gasteiger partial charge on any atom is 0.195 e. The number of hydrogen-bond donors (Lipinski definition) is 0. The predicted molar refractivity (Wildman–Crippen MR) is 68.7 cm³/mol. The highest BCUT2D eigenvalue weighted by Gasteiger charge is 2.14. The Labute approximate surface area is 107 Å². The third kappa shape index (κ3) is 2.44. The second-order valence-corrected chi connectivity index (χ2v) is 4.69. The summed E-state index contributed by atoms with van der Waals surface area (Å²) in [7, 11) is 0. The molecule has 0 heterocycles. The number of rotatable bonds is 2. The van der Waals surface area contributed by atoms with Crippen molar-refractivity contribution in [2.75, 3.05) is 0 Å². The molecule has 0 fully saturated rings. The van der Waals surface area contributed by atoms with Gasteiger partial charge >= 0.3 is 0 Å². The van der Waals surface area contributed by atoms with Crippen LogP contribution in [0.2, 0.25) is 0 Å². The molecule has 0 bridgehead atoms. The lowest BCUT2D eigenvalue weighted by Crippen LogP contribution is -2.05. The minimum absolute atomic E-state index is 0.118. The van der Waals surface area contributed by atoms with E-state index in [1.807, 2.05) is 0 Å². The highest BCUT2D eigenvalue weighted by Crippen LogP contribution is 2.18. The lowest BCUT2D eigenvalue weighted by Gasteiger charge is -2.04. The van der Waals surface area contributed by atoms with Crippen LogP contribution in [0.15, 0.2) is 46.9 Å². The fourth-order valence-electron chi connectivity index (χ4n) is 1.58. The summed E-state index contributed by atoms with van der Waals surface area (Å²) in [6, 6.07) is 11.7. The van der Waals surface area contributed by atoms with E-state index in [-0.39, 0.29) is 11.3 Å². The first-order valence-electron chi connectivity index (χ1n) is 5.15. The van der Waals surface area contributed by atoms with Crippen molar-refractivity contribution in [3.8, 4) is 0 Å². The van der Waals surface area contributed by atoms with Gasteiger partial charge in [-0.3, -0.25) is 4.79 Å². The third-order valence-electron chi connectivity index (χ3n) is 2.54. The largest absolute Gasteiger partial charge is 0.288 e. The SMILES string of the molecule is Cc1cccc(C(=O)c2ccc(Br)cc2)c1F. The average molecular weight is 293 g/mol. The van der Waals surface area contributed by atoms with E-state index in [1.54, 1.807) is 43.3 Å². The van der Waals surface area contributed by atoms with Crippen LogP contribution < -0.4 is 0 Å². The highest BCUT2D eigenvalue weighted by molar-refractivity contribution is 9.10. The summed E-state index contributed by atoms with van der Waals surface area (Å²) in [5.74, 6) is -0.737. The molecule has 0 N–H and O–H groups in total. The van der Waals surface area contributed by atoms with Gasteiger partial charge in [-0.15, -0.1) is 0 Å². The van der Waals surface area contributed by atoms with E-state index in [9.17, 15) is 9.18 Å². The van der Waals surface area contributed by atoms with Gasteiger partial charge in [0.2, 0.25) is 0 Å². The Morgan fingerprint density at radius 1 is 1.12 bits per heavy atom. The normalized spacial score (nSPS) is 10.3. The van der Waals surface area contributed by atoms with Crippen LogP contribution in [-0.2, 0) is 0 Å². The van der Waals surface area contributed by atoms with Gasteiger partial charge in [-0.25, -0.2) is 4.39 Å². The molecule has 86 valence electrons. The number of carbonyl (C=O) groups excluding carboxylic acids is 1. The fourth-order valence-corrected chi connectivity index (χ4v) is 1.84. The molecule has 2 rings (SSSR count). The van der Waals surface area contributed by atoms with Crippen LogP contribution in [0.25, 0.3) is 0 Å². The summed E-state index contributed by atoms with van der Waals surface area (Å²) < 4.78 is 14.7. The van der Waals surface area contributed by atoms with Gasteiger partial charge in [0.15, 0.2) is 5.78 Å². The molecule has 0 radical (unpaired) electrons. The van der Waals surface area contributed by atoms with Crippen molar-refractivity contribution in [1.82, 2.24) is 0 Å². The Balaban J connectivity index is 2.44. The second-order valence-electron chi connectivity index (χ2n) is 3.77. The van der Waals surface area contributed by atoms with Crippen molar-refractivity contribution in [2.24, 2.45) is 0 Å². The molecule has 2 aromatic carbocycles. The van der Waals surface area contributed by atoms with E-state index >= 15 is 0 Å². The fraction of sp³-hybridized carbons (Fsp3) is 0.0714. The Morgan fingerprint density at radius 3 is 2.41 bits per heavy atom. The Hall–Kier alpha value is -1.48. The summed E-state index contributed by atoms with van der Waals surface area (Å²) >= 11 is 3.29. The molecular weight excluding hydrogens is 283 g/mol. The highest BCUT2D eigenvalue weighted by atomic mass is 79.9. The summed E-state index contributed by atoms with van der Waals surface area (Å²) in [6.45, 7) is 1.65. The molecule has 2 aromatic rings. The minimum Gasteiger partial charge on any atom is -0.288 e. The zero-order valence-corrected chi connectivity index (χ0v) is 10.8. The lowest BCUT2D eigenvalue weighted by atomic mass is 10.0. The topological polar surface area (TPSA) is 17.1 Å². The molecular formula is C14H10BrFO. The van der Waals surface area contributed by atoms with Crippen molar-refractivity contribution in [2.45, 2.75) is 6.92 Å². The number of benzene rings is 2. The van der Waals surface area contributed by atoms with E-state index in [1.165, 1.54) is 6.07 Å². The van der Waals surface area contributed by atoms with Crippen molar-refractivity contribution in [3.05, 3.63) is 69.4 Å². The Kier molecular flexibility index (Phi) is 3.38. The van der Waals surface area contributed by atoms with E-state index in [2.05, 4.69) is 15.9 Å². The van der Waals surface area contributed by atoms with Gasteiger partial charge in [0.25, 0.3) is 0 Å². The molecule has 17 heavy (non-hydrogen) atoms. The molecule has 3 heteroatoms. The third-order valence-corrected chi connectivity index (χ3v) is 3.07. The molecule has 0 spiro atoms. The monoisotopic (exact) mass is 292 g/mol. The quantitative estimate of drug-likeness (QED) is 0.761. The minimum atomic E-state index is -0.444. The number of ketones is 1. The Bertz CT molecular complexity index is 561. The van der Waals surface area contributed by atoms with E-state index in [4.69, 9.17) is 0 Å². The summed E-state index contributed by atoms with van der Waals surface area (Å²) in [5.41, 5.74) is 1.08. The van der Waals surface area contributed by atoms with E-state index in [0.29, 0.717) is 11.1 Å². The number of halogens is 2. The maximum atomic E-state index is 13.8. The molecule has 1 nitrogen and oxygen atoms in total. The molecule has 0 amide bonds. The molecule has 0 aliphatic heterocycles. The molecule has 0 atom stereocenters. The van der Waals surface area contributed by atoms with E-state index < -0.39 is 5.82 Å². The van der Waals surface area contributed by atoms with Gasteiger partial charge in [0.05, 0.1) is 5.56 Å². The smallest absolute Gasteiger partial charge is 0.195 e. The first kappa shape index (κ1) is 12.0. The summed E-state index contributed by atoms with van der Waals surface area (Å²) in [5, 5.41) is 0. The van der Waals surface area contributed by atoms with Crippen molar-refractivity contribution in [1.29, 1.82) is 0 Å². The first-order chi connectivity index (χ1) is 8.09. The van der Waals surface area contributed by atoms with Crippen LogP contribution in [0.5, 0.6) is 0 Å². The van der Waals surface area contributed by atoms with Crippen LogP contribution in [0.1, 0.15) is 21.5 Å². The molecule has 0 saturated carbocycles. The molecule has 0 unspecified atom stereocenters. The van der Waals surface area contributed by atoms with Gasteiger partial charge in [0, 0.05) is 10.0 Å². The van der Waals surface area contributed by atoms with Crippen LogP contribution in [-0.4, -0.2) is 5.78 Å². The summed E-state index contributed by atoms with van der Waals surface area (Å²) in [4.78, 5) is 12.1. The number of hydrogen-bond acceptors (Lipinski definition) is 1. The van der Waals surface area contributed by atoms with Crippen molar-refractivity contribution >= 4 is 21.7 Å². The zero-order valence-electron chi connectivity index (χ0n) is 9.21. The van der Waals surface area contributed by atoms with Gasteiger partial charge in [-0.2, -0.15) is 0 Å². The first-order valence-corrected chi connectivity index (χ1v) is 5.94. The van der Waals surface area contributed by atoms with Crippen LogP contribution >= 0.6 is 15.9 Å². The van der Waals surface area contributed by atoms with Gasteiger partial charge in [-0.05, 0) is 42.8 Å². The number of aryl methyl sites for hydroxylation is 1. The zero-order chi connectivity index (χ0) is 12.4. The average Bonchev–Trinajstić information content (AvgIpc) is 2.33. The summed E-state index contributed by atoms with van der Waals surface area (Å²) in [6.07, 6.45) is 0.